The third kappa shape index (κ3) is 4.18. The van der Waals surface area contributed by atoms with E-state index in [0.717, 1.165) is 43.7 Å². The van der Waals surface area contributed by atoms with E-state index in [2.05, 4.69) is 15.4 Å². The van der Waals surface area contributed by atoms with E-state index in [0.29, 0.717) is 12.2 Å². The first-order valence-electron chi connectivity index (χ1n) is 8.03. The molecule has 2 heterocycles. The highest BCUT2D eigenvalue weighted by atomic mass is 35.5. The van der Waals surface area contributed by atoms with Crippen molar-refractivity contribution >= 4 is 18.2 Å². The standard InChI is InChI=1S/C17H22N4O.ClH/c1-2-21-17(13-8-4-3-5-9-13)19-16(20-21)12-15(22)14-10-6-7-11-18-14;/h3-5,8-9,14,18H,2,6-7,10-12H2,1H3;1H/t14-;/m0./s1. The quantitative estimate of drug-likeness (QED) is 0.913. The van der Waals surface area contributed by atoms with Crippen LogP contribution in [0.15, 0.2) is 30.3 Å². The summed E-state index contributed by atoms with van der Waals surface area (Å²) in [5.41, 5.74) is 1.03. The van der Waals surface area contributed by atoms with Gasteiger partial charge in [-0.3, -0.25) is 4.79 Å². The minimum atomic E-state index is -0.0255. The lowest BCUT2D eigenvalue weighted by Gasteiger charge is -2.21. The van der Waals surface area contributed by atoms with Crippen LogP contribution >= 0.6 is 12.4 Å². The molecule has 1 atom stereocenters. The Labute approximate surface area is 142 Å². The van der Waals surface area contributed by atoms with Gasteiger partial charge in [0.2, 0.25) is 0 Å². The zero-order valence-corrected chi connectivity index (χ0v) is 14.2. The number of hydrogen-bond donors (Lipinski definition) is 1. The number of carbonyl (C=O) groups is 1. The van der Waals surface area contributed by atoms with Gasteiger partial charge in [-0.05, 0) is 26.3 Å². The molecular weight excluding hydrogens is 312 g/mol. The summed E-state index contributed by atoms with van der Waals surface area (Å²) in [6.45, 7) is 3.71. The highest BCUT2D eigenvalue weighted by Gasteiger charge is 2.22. The molecule has 1 aromatic carbocycles. The number of rotatable bonds is 5. The van der Waals surface area contributed by atoms with Gasteiger partial charge in [0.1, 0.15) is 0 Å². The van der Waals surface area contributed by atoms with Crippen molar-refractivity contribution in [1.29, 1.82) is 0 Å². The van der Waals surface area contributed by atoms with Crippen LogP contribution < -0.4 is 5.32 Å². The number of ketones is 1. The van der Waals surface area contributed by atoms with Gasteiger partial charge in [0.05, 0.1) is 12.5 Å². The summed E-state index contributed by atoms with van der Waals surface area (Å²) in [4.78, 5) is 17.0. The van der Waals surface area contributed by atoms with E-state index in [4.69, 9.17) is 0 Å². The van der Waals surface area contributed by atoms with Gasteiger partial charge in [-0.2, -0.15) is 5.10 Å². The normalized spacial score (nSPS) is 17.5. The minimum Gasteiger partial charge on any atom is -0.307 e. The van der Waals surface area contributed by atoms with E-state index < -0.39 is 0 Å². The van der Waals surface area contributed by atoms with Crippen molar-refractivity contribution in [3.05, 3.63) is 36.2 Å². The van der Waals surface area contributed by atoms with Crippen LogP contribution in [0.3, 0.4) is 0 Å². The number of nitrogens with zero attached hydrogens (tertiary/aromatic N) is 3. The third-order valence-corrected chi connectivity index (χ3v) is 4.08. The van der Waals surface area contributed by atoms with Crippen LogP contribution in [0, 0.1) is 0 Å². The maximum Gasteiger partial charge on any atom is 0.158 e. The lowest BCUT2D eigenvalue weighted by Crippen LogP contribution is -2.41. The molecule has 1 aliphatic rings. The first-order chi connectivity index (χ1) is 10.8. The number of piperidine rings is 1. The predicted molar refractivity (Wildman–Crippen MR) is 92.7 cm³/mol. The van der Waals surface area contributed by atoms with E-state index in [1.165, 1.54) is 0 Å². The summed E-state index contributed by atoms with van der Waals surface area (Å²) >= 11 is 0. The molecule has 1 fully saturated rings. The number of aryl methyl sites for hydroxylation is 1. The second kappa shape index (κ2) is 8.22. The summed E-state index contributed by atoms with van der Waals surface area (Å²) in [7, 11) is 0. The molecule has 0 radical (unpaired) electrons. The number of halogens is 1. The van der Waals surface area contributed by atoms with Crippen molar-refractivity contribution in [3.8, 4) is 11.4 Å². The van der Waals surface area contributed by atoms with Crippen molar-refractivity contribution in [2.24, 2.45) is 0 Å². The fourth-order valence-electron chi connectivity index (χ4n) is 2.89. The number of carbonyl (C=O) groups excluding carboxylic acids is 1. The fourth-order valence-corrected chi connectivity index (χ4v) is 2.89. The zero-order valence-electron chi connectivity index (χ0n) is 13.4. The second-order valence-corrected chi connectivity index (χ2v) is 5.68. The van der Waals surface area contributed by atoms with Crippen LogP contribution in [-0.2, 0) is 17.8 Å². The van der Waals surface area contributed by atoms with E-state index in [1.807, 2.05) is 41.9 Å². The van der Waals surface area contributed by atoms with Crippen molar-refractivity contribution in [2.45, 2.75) is 45.2 Å². The lowest BCUT2D eigenvalue weighted by atomic mass is 9.99. The molecule has 23 heavy (non-hydrogen) atoms. The molecule has 124 valence electrons. The van der Waals surface area contributed by atoms with Crippen molar-refractivity contribution < 1.29 is 4.79 Å². The number of benzene rings is 1. The molecule has 0 amide bonds. The average molecular weight is 335 g/mol. The Hall–Kier alpha value is -1.72. The molecule has 3 rings (SSSR count). The van der Waals surface area contributed by atoms with Crippen molar-refractivity contribution in [3.63, 3.8) is 0 Å². The maximum absolute atomic E-state index is 12.4. The molecule has 2 aromatic rings. The molecule has 0 unspecified atom stereocenters. The first-order valence-corrected chi connectivity index (χ1v) is 8.03. The monoisotopic (exact) mass is 334 g/mol. The van der Waals surface area contributed by atoms with Gasteiger partial charge in [-0.25, -0.2) is 9.67 Å². The van der Waals surface area contributed by atoms with E-state index in [9.17, 15) is 4.79 Å². The molecule has 6 heteroatoms. The van der Waals surface area contributed by atoms with E-state index in [1.54, 1.807) is 0 Å². The molecule has 0 saturated carbocycles. The Bertz CT molecular complexity index is 635. The van der Waals surface area contributed by atoms with Gasteiger partial charge in [0, 0.05) is 12.1 Å². The Morgan fingerprint density at radius 2 is 2.09 bits per heavy atom. The summed E-state index contributed by atoms with van der Waals surface area (Å²) in [5.74, 6) is 1.66. The molecule has 1 aromatic heterocycles. The number of hydrogen-bond acceptors (Lipinski definition) is 4. The van der Waals surface area contributed by atoms with Gasteiger partial charge in [0.15, 0.2) is 17.4 Å². The highest BCUT2D eigenvalue weighted by Crippen LogP contribution is 2.18. The Balaban J connectivity index is 0.00000192. The smallest absolute Gasteiger partial charge is 0.158 e. The second-order valence-electron chi connectivity index (χ2n) is 5.68. The van der Waals surface area contributed by atoms with Crippen LogP contribution in [0.2, 0.25) is 0 Å². The largest absolute Gasteiger partial charge is 0.307 e. The molecule has 0 spiro atoms. The van der Waals surface area contributed by atoms with Gasteiger partial charge in [-0.15, -0.1) is 12.4 Å². The van der Waals surface area contributed by atoms with Crippen molar-refractivity contribution in [2.75, 3.05) is 6.54 Å². The van der Waals surface area contributed by atoms with Gasteiger partial charge in [0.25, 0.3) is 0 Å². The van der Waals surface area contributed by atoms with Crippen LogP contribution in [0.25, 0.3) is 11.4 Å². The SMILES string of the molecule is CCn1nc(CC(=O)[C@@H]2CCCCN2)nc1-c1ccccc1.Cl. The average Bonchev–Trinajstić information content (AvgIpc) is 2.99. The fraction of sp³-hybridized carbons (Fsp3) is 0.471. The molecule has 5 nitrogen and oxygen atoms in total. The van der Waals surface area contributed by atoms with Gasteiger partial charge >= 0.3 is 0 Å². The third-order valence-electron chi connectivity index (χ3n) is 4.08. The Morgan fingerprint density at radius 1 is 1.30 bits per heavy atom. The van der Waals surface area contributed by atoms with Gasteiger partial charge < -0.3 is 5.32 Å². The first kappa shape index (κ1) is 17.6. The topological polar surface area (TPSA) is 59.8 Å². The maximum atomic E-state index is 12.4. The summed E-state index contributed by atoms with van der Waals surface area (Å²) in [5, 5.41) is 7.79. The van der Waals surface area contributed by atoms with E-state index in [-0.39, 0.29) is 24.2 Å². The highest BCUT2D eigenvalue weighted by molar-refractivity contribution is 5.85. The van der Waals surface area contributed by atoms with Gasteiger partial charge in [-0.1, -0.05) is 36.8 Å². The minimum absolute atomic E-state index is 0. The molecule has 0 aliphatic carbocycles. The number of Topliss-reactive ketones (excluding diaryl/α,β-unsaturated/α-hetero) is 1. The molecule has 1 aliphatic heterocycles. The Kier molecular flexibility index (Phi) is 6.30. The molecule has 1 N–H and O–H groups in total. The van der Waals surface area contributed by atoms with Crippen LogP contribution in [0.4, 0.5) is 0 Å². The predicted octanol–water partition coefficient (Wildman–Crippen LogP) is 2.64. The number of nitrogens with one attached hydrogen (secondary N) is 1. The molecular formula is C17H23ClN4O. The summed E-state index contributed by atoms with van der Waals surface area (Å²) in [6.07, 6.45) is 3.52. The summed E-state index contributed by atoms with van der Waals surface area (Å²) in [6, 6.07) is 9.97. The van der Waals surface area contributed by atoms with Crippen LogP contribution in [-0.4, -0.2) is 33.1 Å². The lowest BCUT2D eigenvalue weighted by molar-refractivity contribution is -0.121. The van der Waals surface area contributed by atoms with Crippen molar-refractivity contribution in [1.82, 2.24) is 20.1 Å². The Morgan fingerprint density at radius 3 is 2.74 bits per heavy atom. The number of aromatic nitrogens is 3. The van der Waals surface area contributed by atoms with Crippen LogP contribution in [0.1, 0.15) is 32.0 Å². The molecule has 0 bridgehead atoms. The molecule has 1 saturated heterocycles. The van der Waals surface area contributed by atoms with E-state index >= 15 is 0 Å². The zero-order chi connectivity index (χ0) is 15.4. The van der Waals surface area contributed by atoms with Crippen LogP contribution in [0.5, 0.6) is 0 Å². The summed E-state index contributed by atoms with van der Waals surface area (Å²) < 4.78 is 1.87.